The van der Waals surface area contributed by atoms with Gasteiger partial charge in [-0.05, 0) is 17.7 Å². The maximum absolute atomic E-state index is 10.8. The number of nitrogens with one attached hydrogen (secondary N) is 1. The molecule has 0 radical (unpaired) electrons. The third kappa shape index (κ3) is 3.95. The molecule has 0 saturated carbocycles. The largest absolute Gasteiger partial charge is 0.346 e. The van der Waals surface area contributed by atoms with Crippen LogP contribution in [-0.2, 0) is 5.41 Å². The molecule has 1 N–H and O–H groups in total. The molecule has 1 rings (SSSR count). The van der Waals surface area contributed by atoms with Crippen molar-refractivity contribution in [3.63, 3.8) is 0 Å². The van der Waals surface area contributed by atoms with Crippen molar-refractivity contribution < 1.29 is 4.79 Å². The van der Waals surface area contributed by atoms with E-state index >= 15 is 0 Å². The van der Waals surface area contributed by atoms with Crippen molar-refractivity contribution in [2.24, 2.45) is 0 Å². The van der Waals surface area contributed by atoms with E-state index in [1.54, 1.807) is 0 Å². The van der Waals surface area contributed by atoms with Gasteiger partial charge in [0.2, 0.25) is 0 Å². The molecule has 0 aromatic heterocycles. The number of rotatable bonds is 3. The lowest BCUT2D eigenvalue weighted by Crippen LogP contribution is -2.34. The first-order chi connectivity index (χ1) is 6.92. The SMILES string of the molecule is CC(C)(CNC(=O)Br)c1cccc(Br)c1. The summed E-state index contributed by atoms with van der Waals surface area (Å²) in [6.45, 7) is 4.79. The lowest BCUT2D eigenvalue weighted by molar-refractivity contribution is 0.259. The van der Waals surface area contributed by atoms with E-state index in [1.807, 2.05) is 12.1 Å². The van der Waals surface area contributed by atoms with Crippen LogP contribution in [0.2, 0.25) is 0 Å². The molecule has 4 heteroatoms. The van der Waals surface area contributed by atoms with Crippen molar-refractivity contribution in [3.8, 4) is 0 Å². The first kappa shape index (κ1) is 12.7. The molecule has 0 saturated heterocycles. The fourth-order valence-electron chi connectivity index (χ4n) is 1.30. The highest BCUT2D eigenvalue weighted by Crippen LogP contribution is 2.25. The van der Waals surface area contributed by atoms with Gasteiger partial charge in [-0.15, -0.1) is 0 Å². The predicted molar refractivity (Wildman–Crippen MR) is 69.5 cm³/mol. The van der Waals surface area contributed by atoms with Gasteiger partial charge >= 0.3 is 0 Å². The van der Waals surface area contributed by atoms with E-state index < -0.39 is 0 Å². The summed E-state index contributed by atoms with van der Waals surface area (Å²) >= 11 is 6.29. The molecule has 1 aromatic rings. The number of amides is 1. The molecule has 0 unspecified atom stereocenters. The van der Waals surface area contributed by atoms with Gasteiger partial charge in [-0.1, -0.05) is 41.9 Å². The second kappa shape index (κ2) is 5.12. The maximum atomic E-state index is 10.8. The van der Waals surface area contributed by atoms with E-state index in [4.69, 9.17) is 0 Å². The summed E-state index contributed by atoms with van der Waals surface area (Å²) < 4.78 is 1.05. The number of hydrogen-bond donors (Lipinski definition) is 1. The van der Waals surface area contributed by atoms with E-state index in [1.165, 1.54) is 5.56 Å². The lowest BCUT2D eigenvalue weighted by atomic mass is 9.85. The van der Waals surface area contributed by atoms with Crippen LogP contribution >= 0.6 is 31.9 Å². The van der Waals surface area contributed by atoms with Gasteiger partial charge in [-0.2, -0.15) is 0 Å². The van der Waals surface area contributed by atoms with Crippen LogP contribution < -0.4 is 5.32 Å². The van der Waals surface area contributed by atoms with Gasteiger partial charge in [-0.3, -0.25) is 4.79 Å². The maximum Gasteiger partial charge on any atom is 0.287 e. The van der Waals surface area contributed by atoms with Gasteiger partial charge in [0.1, 0.15) is 0 Å². The summed E-state index contributed by atoms with van der Waals surface area (Å²) in [5, 5.41) is 2.77. The summed E-state index contributed by atoms with van der Waals surface area (Å²) in [6, 6.07) is 8.12. The number of carbonyl (C=O) groups excluding carboxylic acids is 1. The summed E-state index contributed by atoms with van der Waals surface area (Å²) in [5.41, 5.74) is 1.12. The average Bonchev–Trinajstić information content (AvgIpc) is 2.15. The molecule has 0 aliphatic rings. The minimum absolute atomic E-state index is 0.0762. The third-order valence-corrected chi connectivity index (χ3v) is 3.05. The first-order valence-electron chi connectivity index (χ1n) is 4.61. The summed E-state index contributed by atoms with van der Waals surface area (Å²) in [7, 11) is 0. The van der Waals surface area contributed by atoms with Crippen LogP contribution in [0.1, 0.15) is 19.4 Å². The number of halogens is 2. The molecule has 82 valence electrons. The topological polar surface area (TPSA) is 29.1 Å². The number of benzene rings is 1. The molecule has 15 heavy (non-hydrogen) atoms. The Hall–Kier alpha value is -0.350. The molecular weight excluding hydrogens is 322 g/mol. The van der Waals surface area contributed by atoms with Crippen LogP contribution in [0.15, 0.2) is 28.7 Å². The van der Waals surface area contributed by atoms with E-state index in [-0.39, 0.29) is 10.2 Å². The van der Waals surface area contributed by atoms with Crippen LogP contribution in [0.5, 0.6) is 0 Å². The van der Waals surface area contributed by atoms with E-state index in [0.717, 1.165) is 4.47 Å². The van der Waals surface area contributed by atoms with Crippen molar-refractivity contribution in [1.82, 2.24) is 5.32 Å². The van der Waals surface area contributed by atoms with Crippen LogP contribution in [0.4, 0.5) is 4.79 Å². The van der Waals surface area contributed by atoms with Crippen LogP contribution in [0.3, 0.4) is 0 Å². The summed E-state index contributed by atoms with van der Waals surface area (Å²) in [4.78, 5) is 10.6. The van der Waals surface area contributed by atoms with Gasteiger partial charge in [0.15, 0.2) is 0 Å². The Kier molecular flexibility index (Phi) is 4.34. The zero-order valence-electron chi connectivity index (χ0n) is 8.68. The summed E-state index contributed by atoms with van der Waals surface area (Å²) in [5.74, 6) is 0. The Balaban J connectivity index is 2.80. The molecular formula is C11H13Br2NO. The molecule has 0 heterocycles. The zero-order chi connectivity index (χ0) is 11.5. The molecule has 0 atom stereocenters. The van der Waals surface area contributed by atoms with Gasteiger partial charge in [0.25, 0.3) is 4.82 Å². The Morgan fingerprint density at radius 3 is 2.67 bits per heavy atom. The molecule has 0 spiro atoms. The highest BCUT2D eigenvalue weighted by Gasteiger charge is 2.20. The Morgan fingerprint density at radius 1 is 1.47 bits per heavy atom. The predicted octanol–water partition coefficient (Wildman–Crippen LogP) is 3.83. The van der Waals surface area contributed by atoms with Crippen molar-refractivity contribution >= 4 is 36.7 Å². The standard InChI is InChI=1S/C11H13Br2NO/c1-11(2,7-14-10(13)15)8-4-3-5-9(12)6-8/h3-6H,7H2,1-2H3,(H,14,15). The molecule has 1 amide bonds. The quantitative estimate of drug-likeness (QED) is 0.660. The molecule has 0 fully saturated rings. The minimum atomic E-state index is -0.175. The Bertz CT molecular complexity index is 363. The van der Waals surface area contributed by atoms with Crippen molar-refractivity contribution in [3.05, 3.63) is 34.3 Å². The van der Waals surface area contributed by atoms with Gasteiger partial charge in [-0.25, -0.2) is 0 Å². The van der Waals surface area contributed by atoms with Crippen molar-refractivity contribution in [1.29, 1.82) is 0 Å². The fraction of sp³-hybridized carbons (Fsp3) is 0.364. The summed E-state index contributed by atoms with van der Waals surface area (Å²) in [6.07, 6.45) is 0. The monoisotopic (exact) mass is 333 g/mol. The van der Waals surface area contributed by atoms with Crippen LogP contribution in [0.25, 0.3) is 0 Å². The van der Waals surface area contributed by atoms with Crippen LogP contribution in [0, 0.1) is 0 Å². The second-order valence-electron chi connectivity index (χ2n) is 4.02. The molecule has 0 aliphatic carbocycles. The number of hydrogen-bond acceptors (Lipinski definition) is 1. The van der Waals surface area contributed by atoms with Gasteiger partial charge in [0.05, 0.1) is 0 Å². The average molecular weight is 335 g/mol. The normalized spacial score (nSPS) is 11.2. The van der Waals surface area contributed by atoms with Gasteiger partial charge in [0, 0.05) is 32.4 Å². The highest BCUT2D eigenvalue weighted by molar-refractivity contribution is 9.18. The van der Waals surface area contributed by atoms with Gasteiger partial charge < -0.3 is 5.32 Å². The van der Waals surface area contributed by atoms with E-state index in [0.29, 0.717) is 6.54 Å². The van der Waals surface area contributed by atoms with E-state index in [2.05, 4.69) is 63.2 Å². The lowest BCUT2D eigenvalue weighted by Gasteiger charge is -2.25. The fourth-order valence-corrected chi connectivity index (χ4v) is 1.84. The second-order valence-corrected chi connectivity index (χ2v) is 5.66. The number of carbonyl (C=O) groups is 1. The first-order valence-corrected chi connectivity index (χ1v) is 6.20. The van der Waals surface area contributed by atoms with E-state index in [9.17, 15) is 4.79 Å². The minimum Gasteiger partial charge on any atom is -0.346 e. The molecule has 1 aromatic carbocycles. The molecule has 2 nitrogen and oxygen atoms in total. The Labute approximate surface area is 107 Å². The Morgan fingerprint density at radius 2 is 2.13 bits per heavy atom. The molecule has 0 aliphatic heterocycles. The van der Waals surface area contributed by atoms with Crippen molar-refractivity contribution in [2.45, 2.75) is 19.3 Å². The smallest absolute Gasteiger partial charge is 0.287 e. The zero-order valence-corrected chi connectivity index (χ0v) is 11.9. The third-order valence-electron chi connectivity index (χ3n) is 2.28. The van der Waals surface area contributed by atoms with Crippen molar-refractivity contribution in [2.75, 3.05) is 6.54 Å². The van der Waals surface area contributed by atoms with Crippen LogP contribution in [-0.4, -0.2) is 11.4 Å². The highest BCUT2D eigenvalue weighted by atomic mass is 79.9. The molecule has 0 bridgehead atoms.